The molecule has 0 aliphatic carbocycles. The van der Waals surface area contributed by atoms with Crippen LogP contribution in [0.2, 0.25) is 0 Å². The fraction of sp³-hybridized carbons (Fsp3) is 0.651. The van der Waals surface area contributed by atoms with Crippen molar-refractivity contribution in [3.05, 3.63) is 65.2 Å². The van der Waals surface area contributed by atoms with E-state index in [2.05, 4.69) is 10.6 Å². The summed E-state index contributed by atoms with van der Waals surface area (Å²) in [6.07, 6.45) is -23.4. The Morgan fingerprint density at radius 1 is 0.708 bits per heavy atom. The predicted molar refractivity (Wildman–Crippen MR) is 220 cm³/mol. The van der Waals surface area contributed by atoms with Crippen molar-refractivity contribution in [2.24, 2.45) is 0 Å². The van der Waals surface area contributed by atoms with Gasteiger partial charge in [0.1, 0.15) is 85.5 Å². The molecule has 0 aromatic heterocycles. The van der Waals surface area contributed by atoms with E-state index in [9.17, 15) is 60.3 Å². The largest absolute Gasteiger partial charge is 0.484 e. The van der Waals surface area contributed by atoms with E-state index in [1.807, 2.05) is 51.1 Å². The maximum absolute atomic E-state index is 13.0. The Morgan fingerprint density at radius 3 is 1.95 bits per heavy atom. The molecule has 2 aromatic carbocycles. The van der Waals surface area contributed by atoms with E-state index >= 15 is 0 Å². The smallest absolute Gasteiger partial charge is 0.338 e. The average Bonchev–Trinajstić information content (AvgIpc) is 3.28. The molecule has 0 radical (unpaired) electrons. The number of aliphatic hydroxyl groups is 9. The lowest BCUT2D eigenvalue weighted by molar-refractivity contribution is -0.376. The van der Waals surface area contributed by atoms with Crippen LogP contribution in [0.3, 0.4) is 0 Å². The number of rotatable bonds is 19. The van der Waals surface area contributed by atoms with Gasteiger partial charge in [-0.3, -0.25) is 9.59 Å². The van der Waals surface area contributed by atoms with Gasteiger partial charge in [-0.1, -0.05) is 51.1 Å². The molecular formula is C43H62N2O20. The third kappa shape index (κ3) is 13.6. The van der Waals surface area contributed by atoms with E-state index in [-0.39, 0.29) is 49.5 Å². The number of ether oxygens (including phenoxy) is 8. The lowest BCUT2D eigenvalue weighted by atomic mass is 9.86. The lowest BCUT2D eigenvalue weighted by Gasteiger charge is -2.48. The van der Waals surface area contributed by atoms with Gasteiger partial charge in [-0.15, -0.1) is 0 Å². The van der Waals surface area contributed by atoms with Gasteiger partial charge in [-0.25, -0.2) is 4.79 Å². The first kappa shape index (κ1) is 52.0. The van der Waals surface area contributed by atoms with Gasteiger partial charge in [0.05, 0.1) is 32.0 Å². The van der Waals surface area contributed by atoms with Crippen LogP contribution in [0, 0.1) is 0 Å². The lowest BCUT2D eigenvalue weighted by Crippen LogP contribution is -2.68. The Bertz CT molecular complexity index is 1830. The molecule has 3 heterocycles. The zero-order valence-corrected chi connectivity index (χ0v) is 36.5. The summed E-state index contributed by atoms with van der Waals surface area (Å²) in [4.78, 5) is 38.0. The Balaban J connectivity index is 1.15. The van der Waals surface area contributed by atoms with E-state index < -0.39 is 130 Å². The summed E-state index contributed by atoms with van der Waals surface area (Å²) in [6.45, 7) is 4.34. The molecule has 3 aliphatic heterocycles. The molecule has 3 aliphatic rings. The SMILES string of the molecule is CC(=O)N[C@H]1[C@H](OCCCNC(=O)COc2cc(C(=O)OCc3ccccc3)cc(C(C)(C)C)c2)O[C@H](CO)[C@@H](O[C@@H]2O[C@H](CO)[C@H](O)[C@H](O[C@H]3O[C@H](CO)[C@H](O)[C@H](O)[C@H]3O)[C@H]2O)[C@@H]1O. The monoisotopic (exact) mass is 926 g/mol. The van der Waals surface area contributed by atoms with Gasteiger partial charge in [-0.05, 0) is 41.2 Å². The van der Waals surface area contributed by atoms with Crippen LogP contribution in [0.25, 0.3) is 0 Å². The molecule has 0 bridgehead atoms. The predicted octanol–water partition coefficient (Wildman–Crippen LogP) is -3.17. The molecule has 2 amide bonds. The second-order valence-electron chi connectivity index (χ2n) is 17.0. The molecule has 5 rings (SSSR count). The minimum atomic E-state index is -1.97. The zero-order chi connectivity index (χ0) is 47.6. The van der Waals surface area contributed by atoms with E-state index in [4.69, 9.17) is 37.9 Å². The van der Waals surface area contributed by atoms with Gasteiger partial charge in [0.25, 0.3) is 5.91 Å². The number of amides is 2. The van der Waals surface area contributed by atoms with Crippen LogP contribution in [0.4, 0.5) is 0 Å². The van der Waals surface area contributed by atoms with Crippen molar-refractivity contribution in [3.8, 4) is 5.75 Å². The first-order valence-electron chi connectivity index (χ1n) is 21.2. The van der Waals surface area contributed by atoms with Crippen LogP contribution in [0.15, 0.2) is 48.5 Å². The highest BCUT2D eigenvalue weighted by molar-refractivity contribution is 5.90. The van der Waals surface area contributed by atoms with Gasteiger partial charge in [0, 0.05) is 13.5 Å². The topological polar surface area (TPSA) is 331 Å². The summed E-state index contributed by atoms with van der Waals surface area (Å²) >= 11 is 0. The number of aliphatic hydroxyl groups excluding tert-OH is 9. The number of hydrogen-bond acceptors (Lipinski definition) is 20. The van der Waals surface area contributed by atoms with Crippen LogP contribution < -0.4 is 15.4 Å². The Labute approximate surface area is 374 Å². The number of hydrogen-bond donors (Lipinski definition) is 11. The molecule has 3 fully saturated rings. The highest BCUT2D eigenvalue weighted by Gasteiger charge is 2.54. The third-order valence-electron chi connectivity index (χ3n) is 11.0. The highest BCUT2D eigenvalue weighted by atomic mass is 16.8. The molecular weight excluding hydrogens is 864 g/mol. The zero-order valence-electron chi connectivity index (χ0n) is 36.5. The third-order valence-corrected chi connectivity index (χ3v) is 11.0. The minimum absolute atomic E-state index is 0.0812. The number of benzene rings is 2. The molecule has 3 saturated heterocycles. The number of carbonyl (C=O) groups is 3. The first-order chi connectivity index (χ1) is 30.9. The summed E-state index contributed by atoms with van der Waals surface area (Å²) in [6, 6.07) is 12.9. The molecule has 0 unspecified atom stereocenters. The van der Waals surface area contributed by atoms with E-state index in [0.717, 1.165) is 18.1 Å². The van der Waals surface area contributed by atoms with Gasteiger partial charge in [0.15, 0.2) is 25.5 Å². The number of nitrogens with one attached hydrogen (secondary N) is 2. The van der Waals surface area contributed by atoms with Crippen LogP contribution in [-0.4, -0.2) is 195 Å². The van der Waals surface area contributed by atoms with E-state index in [1.54, 1.807) is 12.1 Å². The summed E-state index contributed by atoms with van der Waals surface area (Å²) in [5.74, 6) is -1.36. The van der Waals surface area contributed by atoms with Crippen LogP contribution in [0.1, 0.15) is 55.6 Å². The second-order valence-corrected chi connectivity index (χ2v) is 17.0. The van der Waals surface area contributed by atoms with Gasteiger partial charge >= 0.3 is 5.97 Å². The van der Waals surface area contributed by atoms with E-state index in [1.165, 1.54) is 6.07 Å². The molecule has 15 atom stereocenters. The first-order valence-corrected chi connectivity index (χ1v) is 21.2. The number of carbonyl (C=O) groups excluding carboxylic acids is 3. The fourth-order valence-electron chi connectivity index (χ4n) is 7.32. The van der Waals surface area contributed by atoms with Gasteiger partial charge < -0.3 is 94.5 Å². The molecule has 0 spiro atoms. The number of esters is 1. The maximum atomic E-state index is 13.0. The maximum Gasteiger partial charge on any atom is 0.338 e. The van der Waals surface area contributed by atoms with Gasteiger partial charge in [0.2, 0.25) is 5.91 Å². The highest BCUT2D eigenvalue weighted by Crippen LogP contribution is 2.33. The molecule has 11 N–H and O–H groups in total. The van der Waals surface area contributed by atoms with E-state index in [0.29, 0.717) is 0 Å². The summed E-state index contributed by atoms with van der Waals surface area (Å²) < 4.78 is 45.4. The van der Waals surface area contributed by atoms with Crippen molar-refractivity contribution in [1.29, 1.82) is 0 Å². The molecule has 22 heteroatoms. The van der Waals surface area contributed by atoms with Crippen molar-refractivity contribution in [1.82, 2.24) is 10.6 Å². The second kappa shape index (κ2) is 23.7. The molecule has 0 saturated carbocycles. The average molecular weight is 927 g/mol. The van der Waals surface area contributed by atoms with Crippen molar-refractivity contribution in [2.45, 2.75) is 138 Å². The molecule has 22 nitrogen and oxygen atoms in total. The summed E-state index contributed by atoms with van der Waals surface area (Å²) in [5.41, 5.74) is 1.52. The normalized spacial score (nSPS) is 32.9. The van der Waals surface area contributed by atoms with Crippen LogP contribution >= 0.6 is 0 Å². The molecule has 364 valence electrons. The fourth-order valence-corrected chi connectivity index (χ4v) is 7.32. The molecule has 65 heavy (non-hydrogen) atoms. The van der Waals surface area contributed by atoms with Crippen molar-refractivity contribution in [2.75, 3.05) is 39.6 Å². The summed E-state index contributed by atoms with van der Waals surface area (Å²) in [7, 11) is 0. The van der Waals surface area contributed by atoms with Crippen molar-refractivity contribution in [3.63, 3.8) is 0 Å². The van der Waals surface area contributed by atoms with Crippen LogP contribution in [0.5, 0.6) is 5.75 Å². The molecule has 2 aromatic rings. The standard InChI is InChI=1S/C43H62N2O20/c1-21(49)45-30-33(53)37(64-42-36(56)38(32(52)27(17-47)62-42)65-41-35(55)34(54)31(51)26(16-46)61-41)28(18-48)63-40(30)58-12-8-11-44-29(50)20-59-25-14-23(13-24(15-25)43(2,3)4)39(57)60-19-22-9-6-5-7-10-22/h5-7,9-10,13-15,26-28,30-38,40-42,46-48,51-56H,8,11-12,16-20H2,1-4H3,(H,44,50)(H,45,49)/t26-,27-,28-,30-,31+,32+,33-,34+,35-,36-,37-,38+,40-,41-,42+/m1/s1. The van der Waals surface area contributed by atoms with Crippen molar-refractivity contribution < 1.29 is 98.2 Å². The van der Waals surface area contributed by atoms with Crippen LogP contribution in [-0.2, 0) is 54.8 Å². The van der Waals surface area contributed by atoms with Gasteiger partial charge in [-0.2, -0.15) is 0 Å². The Morgan fingerprint density at radius 2 is 1.32 bits per heavy atom. The van der Waals surface area contributed by atoms with Crippen molar-refractivity contribution >= 4 is 17.8 Å². The summed E-state index contributed by atoms with van der Waals surface area (Å²) in [5, 5.41) is 99.6. The Hall–Kier alpha value is -3.95. The quantitative estimate of drug-likeness (QED) is 0.0489. The minimum Gasteiger partial charge on any atom is -0.484 e. The Kier molecular flexibility index (Phi) is 18.9.